The molecule has 0 bridgehead atoms. The van der Waals surface area contributed by atoms with Crippen LogP contribution in [0.15, 0.2) is 0 Å². The summed E-state index contributed by atoms with van der Waals surface area (Å²) >= 11 is 0. The van der Waals surface area contributed by atoms with Gasteiger partial charge in [-0.2, -0.15) is 0 Å². The highest BCUT2D eigenvalue weighted by Crippen LogP contribution is 2.24. The summed E-state index contributed by atoms with van der Waals surface area (Å²) < 4.78 is 5.71. The first-order chi connectivity index (χ1) is 8.09. The van der Waals surface area contributed by atoms with E-state index in [1.165, 1.54) is 0 Å². The fourth-order valence-corrected chi connectivity index (χ4v) is 2.89. The molecular formula is C13H24N2O2. The summed E-state index contributed by atoms with van der Waals surface area (Å²) in [5, 5.41) is 3.31. The van der Waals surface area contributed by atoms with Gasteiger partial charge in [-0.3, -0.25) is 10.1 Å². The first-order valence-corrected chi connectivity index (χ1v) is 6.75. The smallest absolute Gasteiger partial charge is 0.238 e. The Balaban J connectivity index is 2.01. The largest absolute Gasteiger partial charge is 0.376 e. The Kier molecular flexibility index (Phi) is 4.05. The topological polar surface area (TPSA) is 41.6 Å². The number of hydrogen-bond acceptors (Lipinski definition) is 3. The molecule has 0 aromatic rings. The number of ether oxygens (including phenoxy) is 1. The van der Waals surface area contributed by atoms with Crippen molar-refractivity contribution in [1.82, 2.24) is 10.2 Å². The zero-order chi connectivity index (χ0) is 12.4. The summed E-state index contributed by atoms with van der Waals surface area (Å²) in [6.07, 6.45) is 3.65. The number of rotatable bonds is 4. The number of nitrogens with one attached hydrogen (secondary N) is 1. The van der Waals surface area contributed by atoms with Crippen LogP contribution in [-0.4, -0.2) is 42.3 Å². The lowest BCUT2D eigenvalue weighted by Crippen LogP contribution is -2.48. The fraction of sp³-hybridized carbons (Fsp3) is 0.923. The molecule has 1 N–H and O–H groups in total. The molecule has 2 rings (SSSR count). The monoisotopic (exact) mass is 240 g/mol. The molecule has 3 atom stereocenters. The average molecular weight is 240 g/mol. The predicted octanol–water partition coefficient (Wildman–Crippen LogP) is 1.36. The maximum atomic E-state index is 12.0. The quantitative estimate of drug-likeness (QED) is 0.806. The molecule has 4 heteroatoms. The fourth-order valence-electron chi connectivity index (χ4n) is 2.89. The number of carbonyl (C=O) groups excluding carboxylic acids is 1. The molecule has 2 fully saturated rings. The lowest BCUT2D eigenvalue weighted by molar-refractivity contribution is -0.132. The number of carbonyl (C=O) groups is 1. The summed E-state index contributed by atoms with van der Waals surface area (Å²) in [6, 6.07) is 0.198. The Morgan fingerprint density at radius 2 is 2.24 bits per heavy atom. The van der Waals surface area contributed by atoms with E-state index in [0.29, 0.717) is 12.5 Å². The standard InChI is InChI=1S/C13H24N2O2/c1-9(2)7-12-14-8-13(16)15(12)10(3)11-5-4-6-17-11/h9-12,14H,4-8H2,1-3H3. The summed E-state index contributed by atoms with van der Waals surface area (Å²) in [4.78, 5) is 14.0. The van der Waals surface area contributed by atoms with Crippen molar-refractivity contribution in [2.75, 3.05) is 13.2 Å². The molecule has 0 spiro atoms. The van der Waals surface area contributed by atoms with Gasteiger partial charge in [-0.05, 0) is 32.1 Å². The summed E-state index contributed by atoms with van der Waals surface area (Å²) in [5.41, 5.74) is 0. The van der Waals surface area contributed by atoms with E-state index < -0.39 is 0 Å². The molecule has 98 valence electrons. The third kappa shape index (κ3) is 2.80. The molecule has 4 nitrogen and oxygen atoms in total. The van der Waals surface area contributed by atoms with Crippen LogP contribution in [0.3, 0.4) is 0 Å². The average Bonchev–Trinajstić information content (AvgIpc) is 2.87. The predicted molar refractivity (Wildman–Crippen MR) is 66.5 cm³/mol. The van der Waals surface area contributed by atoms with Crippen LogP contribution in [0.1, 0.15) is 40.0 Å². The summed E-state index contributed by atoms with van der Waals surface area (Å²) in [7, 11) is 0. The Morgan fingerprint density at radius 3 is 2.82 bits per heavy atom. The zero-order valence-electron chi connectivity index (χ0n) is 11.1. The molecule has 2 heterocycles. The Morgan fingerprint density at radius 1 is 1.47 bits per heavy atom. The van der Waals surface area contributed by atoms with E-state index in [1.54, 1.807) is 0 Å². The van der Waals surface area contributed by atoms with E-state index in [9.17, 15) is 4.79 Å². The van der Waals surface area contributed by atoms with E-state index in [-0.39, 0.29) is 24.2 Å². The van der Waals surface area contributed by atoms with Gasteiger partial charge in [0, 0.05) is 6.61 Å². The molecule has 0 aliphatic carbocycles. The molecule has 0 aromatic carbocycles. The molecule has 3 unspecified atom stereocenters. The number of hydrogen-bond donors (Lipinski definition) is 1. The van der Waals surface area contributed by atoms with Gasteiger partial charge in [0.2, 0.25) is 5.91 Å². The molecular weight excluding hydrogens is 216 g/mol. The highest BCUT2D eigenvalue weighted by Gasteiger charge is 2.38. The summed E-state index contributed by atoms with van der Waals surface area (Å²) in [5.74, 6) is 0.816. The molecule has 0 radical (unpaired) electrons. The van der Waals surface area contributed by atoms with Gasteiger partial charge in [-0.25, -0.2) is 0 Å². The van der Waals surface area contributed by atoms with E-state index in [4.69, 9.17) is 4.74 Å². The summed E-state index contributed by atoms with van der Waals surface area (Å²) in [6.45, 7) is 7.83. The molecule has 2 saturated heterocycles. The van der Waals surface area contributed by atoms with Gasteiger partial charge in [0.15, 0.2) is 0 Å². The minimum absolute atomic E-state index is 0.196. The van der Waals surface area contributed by atoms with E-state index in [0.717, 1.165) is 25.9 Å². The normalized spacial score (nSPS) is 31.5. The van der Waals surface area contributed by atoms with Gasteiger partial charge in [0.1, 0.15) is 0 Å². The Labute approximate surface area is 104 Å². The van der Waals surface area contributed by atoms with Crippen LogP contribution in [0, 0.1) is 5.92 Å². The second kappa shape index (κ2) is 5.36. The molecule has 0 saturated carbocycles. The maximum absolute atomic E-state index is 12.0. The minimum Gasteiger partial charge on any atom is -0.376 e. The van der Waals surface area contributed by atoms with Gasteiger partial charge in [-0.1, -0.05) is 13.8 Å². The first-order valence-electron chi connectivity index (χ1n) is 6.75. The van der Waals surface area contributed by atoms with Crippen LogP contribution < -0.4 is 5.32 Å². The number of nitrogens with zero attached hydrogens (tertiary/aromatic N) is 1. The third-order valence-electron chi connectivity index (χ3n) is 3.75. The highest BCUT2D eigenvalue weighted by atomic mass is 16.5. The Hall–Kier alpha value is -0.610. The van der Waals surface area contributed by atoms with Crippen LogP contribution in [0.25, 0.3) is 0 Å². The second-order valence-corrected chi connectivity index (χ2v) is 5.62. The van der Waals surface area contributed by atoms with Gasteiger partial charge >= 0.3 is 0 Å². The maximum Gasteiger partial charge on any atom is 0.238 e. The zero-order valence-corrected chi connectivity index (χ0v) is 11.1. The van der Waals surface area contributed by atoms with Gasteiger partial charge < -0.3 is 9.64 Å². The van der Waals surface area contributed by atoms with Crippen LogP contribution in [0.4, 0.5) is 0 Å². The van der Waals surface area contributed by atoms with Crippen molar-refractivity contribution in [2.45, 2.75) is 58.3 Å². The Bertz CT molecular complexity index is 275. The number of amides is 1. The van der Waals surface area contributed by atoms with Crippen molar-refractivity contribution >= 4 is 5.91 Å². The van der Waals surface area contributed by atoms with Gasteiger partial charge in [0.05, 0.1) is 24.9 Å². The SMILES string of the molecule is CC(C)CC1NCC(=O)N1C(C)C1CCCO1. The van der Waals surface area contributed by atoms with E-state index in [2.05, 4.69) is 26.1 Å². The van der Waals surface area contributed by atoms with Crippen molar-refractivity contribution in [2.24, 2.45) is 5.92 Å². The van der Waals surface area contributed by atoms with Crippen molar-refractivity contribution < 1.29 is 9.53 Å². The minimum atomic E-state index is 0.196. The van der Waals surface area contributed by atoms with Gasteiger partial charge in [0.25, 0.3) is 0 Å². The lowest BCUT2D eigenvalue weighted by Gasteiger charge is -2.34. The molecule has 2 aliphatic heterocycles. The van der Waals surface area contributed by atoms with E-state index in [1.807, 2.05) is 4.90 Å². The highest BCUT2D eigenvalue weighted by molar-refractivity contribution is 5.81. The van der Waals surface area contributed by atoms with Gasteiger partial charge in [-0.15, -0.1) is 0 Å². The molecule has 0 aromatic heterocycles. The van der Waals surface area contributed by atoms with Crippen LogP contribution in [-0.2, 0) is 9.53 Å². The van der Waals surface area contributed by atoms with Crippen LogP contribution in [0.5, 0.6) is 0 Å². The van der Waals surface area contributed by atoms with Crippen molar-refractivity contribution in [3.05, 3.63) is 0 Å². The first kappa shape index (κ1) is 12.8. The molecule has 2 aliphatic rings. The molecule has 1 amide bonds. The van der Waals surface area contributed by atoms with Crippen molar-refractivity contribution in [3.63, 3.8) is 0 Å². The van der Waals surface area contributed by atoms with E-state index >= 15 is 0 Å². The van der Waals surface area contributed by atoms with Crippen LogP contribution >= 0.6 is 0 Å². The van der Waals surface area contributed by atoms with Crippen molar-refractivity contribution in [1.29, 1.82) is 0 Å². The molecule has 17 heavy (non-hydrogen) atoms. The van der Waals surface area contributed by atoms with Crippen molar-refractivity contribution in [3.8, 4) is 0 Å². The van der Waals surface area contributed by atoms with Crippen LogP contribution in [0.2, 0.25) is 0 Å². The second-order valence-electron chi connectivity index (χ2n) is 5.62. The lowest BCUT2D eigenvalue weighted by atomic mass is 10.0. The third-order valence-corrected chi connectivity index (χ3v) is 3.75.